The van der Waals surface area contributed by atoms with E-state index in [1.54, 1.807) is 88.6 Å². The minimum absolute atomic E-state index is 0.00911. The molecule has 3 aromatic carbocycles. The number of phenols is 1. The van der Waals surface area contributed by atoms with Gasteiger partial charge in [-0.05, 0) is 90.3 Å². The number of rotatable bonds is 58. The van der Waals surface area contributed by atoms with Crippen LogP contribution in [0.25, 0.3) is 21.8 Å². The van der Waals surface area contributed by atoms with Crippen molar-refractivity contribution in [2.45, 2.75) is 217 Å². The molecule has 17 amide bonds. The molecule has 3 heterocycles. The maximum atomic E-state index is 15.1. The third kappa shape index (κ3) is 36.3. The number of aromatic hydroxyl groups is 1. The number of carbonyl (C=O) groups is 19. The maximum Gasteiger partial charge on any atom is 0.326 e. The Morgan fingerprint density at radius 3 is 1.28 bits per heavy atom. The predicted molar refractivity (Wildman–Crippen MR) is 506 cm³/mol. The number of primary amides is 2. The summed E-state index contributed by atoms with van der Waals surface area (Å²) in [5.41, 5.74) is 25.3. The molecule has 0 spiro atoms. The molecule has 0 fully saturated rings. The zero-order chi connectivity index (χ0) is 102. The molecule has 50 heteroatoms. The van der Waals surface area contributed by atoms with Crippen LogP contribution in [0.1, 0.15) is 123 Å². The Hall–Kier alpha value is -14.4. The number of fused-ring (bicyclic) bond motifs is 2. The summed E-state index contributed by atoms with van der Waals surface area (Å²) in [4.78, 5) is 276. The van der Waals surface area contributed by atoms with E-state index in [-0.39, 0.29) is 75.5 Å². The molecule has 48 nitrogen and oxygen atoms in total. The Balaban J connectivity index is 1.15. The summed E-state index contributed by atoms with van der Waals surface area (Å²) in [7, 11) is 0. The van der Waals surface area contributed by atoms with E-state index < -0.39 is 265 Å². The summed E-state index contributed by atoms with van der Waals surface area (Å²) in [6.07, 6.45) is 1.73. The van der Waals surface area contributed by atoms with E-state index in [4.69, 9.17) is 28.3 Å². The van der Waals surface area contributed by atoms with E-state index in [0.717, 1.165) is 0 Å². The van der Waals surface area contributed by atoms with E-state index in [0.29, 0.717) is 44.2 Å². The Labute approximate surface area is 803 Å². The zero-order valence-electron chi connectivity index (χ0n) is 77.2. The number of para-hydroxylation sites is 2. The lowest BCUT2D eigenvalue weighted by atomic mass is 9.98. The summed E-state index contributed by atoms with van der Waals surface area (Å²) in [6.45, 7) is 10.8. The zero-order valence-corrected chi connectivity index (χ0v) is 79.0. The lowest BCUT2D eigenvalue weighted by Gasteiger charge is -2.29. The van der Waals surface area contributed by atoms with E-state index >= 15 is 4.79 Å². The molecule has 752 valence electrons. The summed E-state index contributed by atoms with van der Waals surface area (Å²) < 4.78 is 0. The smallest absolute Gasteiger partial charge is 0.326 e. The van der Waals surface area contributed by atoms with Crippen LogP contribution in [0, 0.1) is 29.1 Å². The van der Waals surface area contributed by atoms with Gasteiger partial charge in [-0.3, -0.25) is 91.7 Å². The number of nitrogens with two attached hydrogens (primary N) is 4. The molecule has 0 radical (unpaired) electrons. The van der Waals surface area contributed by atoms with Crippen molar-refractivity contribution < 1.29 is 112 Å². The van der Waals surface area contributed by atoms with Crippen LogP contribution < -0.4 is 108 Å². The van der Waals surface area contributed by atoms with Gasteiger partial charge < -0.3 is 143 Å². The Bertz CT molecular complexity index is 5290. The number of hydrogen-bond acceptors (Lipinski definition) is 26. The van der Waals surface area contributed by atoms with Gasteiger partial charge in [-0.1, -0.05) is 104 Å². The Kier molecular flexibility index (Phi) is 44.7. The van der Waals surface area contributed by atoms with Crippen LogP contribution >= 0.6 is 25.3 Å². The maximum absolute atomic E-state index is 15.1. The van der Waals surface area contributed by atoms with Crippen LogP contribution in [0.5, 0.6) is 5.75 Å². The fraction of sp³-hybridized carbons (Fsp3) is 0.489. The number of H-pyrrole nitrogens is 3. The highest BCUT2D eigenvalue weighted by molar-refractivity contribution is 7.80. The minimum Gasteiger partial charge on any atom is -0.508 e. The predicted octanol–water partition coefficient (Wildman–Crippen LogP) is -5.59. The third-order valence-electron chi connectivity index (χ3n) is 21.6. The Morgan fingerprint density at radius 1 is 0.420 bits per heavy atom. The molecule has 6 aromatic rings. The van der Waals surface area contributed by atoms with Crippen LogP contribution in [0.4, 0.5) is 0 Å². The highest BCUT2D eigenvalue weighted by Gasteiger charge is 2.41. The molecular weight excluding hydrogens is 1840 g/mol. The first kappa shape index (κ1) is 112. The van der Waals surface area contributed by atoms with Gasteiger partial charge in [0.05, 0.1) is 44.8 Å². The van der Waals surface area contributed by atoms with Gasteiger partial charge in [0, 0.05) is 89.8 Å². The number of carboxylic acid groups (broad SMARTS) is 2. The molecule has 0 bridgehead atoms. The Morgan fingerprint density at radius 2 is 0.819 bits per heavy atom. The topological polar surface area (TPSA) is 786 Å². The molecule has 0 saturated carbocycles. The quantitative estimate of drug-likeness (QED) is 0.00733. The van der Waals surface area contributed by atoms with Crippen molar-refractivity contribution in [3.05, 3.63) is 120 Å². The molecule has 3 aromatic heterocycles. The van der Waals surface area contributed by atoms with Gasteiger partial charge >= 0.3 is 11.9 Å². The average Bonchev–Trinajstić information content (AvgIpc) is 1.63. The molecule has 32 N–H and O–H groups in total. The first-order chi connectivity index (χ1) is 65.2. The fourth-order valence-electron chi connectivity index (χ4n) is 14.3. The van der Waals surface area contributed by atoms with Crippen molar-refractivity contribution >= 4 is 165 Å². The molecule has 0 aliphatic heterocycles. The summed E-state index contributed by atoms with van der Waals surface area (Å²) in [6, 6.07) is -4.77. The number of aromatic amines is 3. The lowest BCUT2D eigenvalue weighted by molar-refractivity contribution is -0.142. The van der Waals surface area contributed by atoms with Crippen LogP contribution in [-0.2, 0) is 117 Å². The molecule has 0 saturated heterocycles. The van der Waals surface area contributed by atoms with Gasteiger partial charge in [0.2, 0.25) is 100 Å². The van der Waals surface area contributed by atoms with Crippen molar-refractivity contribution in [1.29, 1.82) is 5.41 Å². The number of carboxylic acids is 2. The molecule has 0 unspecified atom stereocenters. The van der Waals surface area contributed by atoms with E-state index in [2.05, 4.69) is 130 Å². The second kappa shape index (κ2) is 54.9. The van der Waals surface area contributed by atoms with Crippen LogP contribution in [0.2, 0.25) is 0 Å². The average molecular weight is 1970 g/mol. The second-order valence-corrected chi connectivity index (χ2v) is 35.2. The number of carbonyl (C=O) groups excluding carboxylic acids is 17. The van der Waals surface area contributed by atoms with Crippen molar-refractivity contribution in [3.63, 3.8) is 0 Å². The largest absolute Gasteiger partial charge is 0.508 e. The number of thiol groups is 2. The van der Waals surface area contributed by atoms with Gasteiger partial charge in [0.15, 0.2) is 5.96 Å². The number of guanidine groups is 1. The van der Waals surface area contributed by atoms with Gasteiger partial charge in [-0.25, -0.2) is 9.78 Å². The lowest BCUT2D eigenvalue weighted by Crippen LogP contribution is -2.62. The van der Waals surface area contributed by atoms with Gasteiger partial charge in [0.1, 0.15) is 90.3 Å². The molecule has 15 atom stereocenters. The van der Waals surface area contributed by atoms with Crippen molar-refractivity contribution in [2.75, 3.05) is 31.2 Å². The molecule has 0 aliphatic carbocycles. The number of aliphatic carboxylic acids is 2. The second-order valence-electron chi connectivity index (χ2n) is 34.4. The number of aliphatic hydroxyl groups excluding tert-OH is 1. The number of nitrogens with one attached hydrogen (secondary N) is 20. The summed E-state index contributed by atoms with van der Waals surface area (Å²) in [5, 5.41) is 88.3. The van der Waals surface area contributed by atoms with Crippen molar-refractivity contribution in [3.8, 4) is 5.75 Å². The summed E-state index contributed by atoms with van der Waals surface area (Å²) in [5.74, 6) is -24.8. The molecule has 6 rings (SSSR count). The molecular formula is C88H125N25O23S2. The number of aromatic nitrogens is 4. The monoisotopic (exact) mass is 1960 g/mol. The molecule has 138 heavy (non-hydrogen) atoms. The minimum atomic E-state index is -1.95. The summed E-state index contributed by atoms with van der Waals surface area (Å²) >= 11 is 8.55. The van der Waals surface area contributed by atoms with Gasteiger partial charge in [-0.15, -0.1) is 0 Å². The van der Waals surface area contributed by atoms with E-state index in [1.807, 2.05) is 0 Å². The highest BCUT2D eigenvalue weighted by Crippen LogP contribution is 2.23. The number of hydrogen-bond donors (Lipinski definition) is 30. The van der Waals surface area contributed by atoms with Crippen LogP contribution in [0.3, 0.4) is 0 Å². The number of nitrogens with zero attached hydrogens (tertiary/aromatic N) is 1. The van der Waals surface area contributed by atoms with Crippen molar-refractivity contribution in [2.24, 2.45) is 46.6 Å². The van der Waals surface area contributed by atoms with Gasteiger partial charge in [0.25, 0.3) is 0 Å². The van der Waals surface area contributed by atoms with E-state index in [1.165, 1.54) is 64.5 Å². The van der Waals surface area contributed by atoms with Gasteiger partial charge in [-0.2, -0.15) is 25.3 Å². The number of phenolic OH excluding ortho intramolecular Hbond substituents is 1. The highest BCUT2D eigenvalue weighted by atomic mass is 32.1. The number of aliphatic hydroxyl groups is 1. The number of amides is 17. The van der Waals surface area contributed by atoms with Crippen molar-refractivity contribution in [1.82, 2.24) is 105 Å². The normalized spacial score (nSPS) is 14.6. The number of imidazole rings is 1. The third-order valence-corrected chi connectivity index (χ3v) is 22.3. The van der Waals surface area contributed by atoms with E-state index in [9.17, 15) is 107 Å². The first-order valence-corrected chi connectivity index (χ1v) is 45.5. The van der Waals surface area contributed by atoms with Crippen LogP contribution in [0.15, 0.2) is 97.7 Å². The molecule has 0 aliphatic rings. The standard InChI is InChI=1S/C88H125N25O23S2/c1-41(2)24-56(74(122)98-36-69(118)100-62(32-70(119)120)81(129)113-72(44(7)8)86(134)111-66(39-138)83(131)101-55(18-13-23-95-88(92)93)75(123)109-64(37-114)82(130)108-63(87(135)136)29-48-35-94-40-99-48)103-76(124)57(25-42(3)4)104-78(126)60(28-47-34-97-54-17-12-10-15-51(47)54)107-85(133)71(43(5)6)112-80(128)61(31-68(91)117)106-84(132)65(38-137)110-79(127)59(27-46-33-96-53-16-11-9-14-50(46)53)105-77(125)58(26-45-19-21-49(115)22-20-45)102-73(121)52(89)30-67(90)116/h9-12,14-17,19-22,33-35,40-44,52,55-66,71-72,96-97,114-115,137-138H,13,18,23-32,36-39,89H2,1-8H3,(H2,90,116)(H2,91,117)(H,94,99)(H,98,122)(H,100,118)(H,101,131)(H,102,121)(H,103,124)(H,104,126)(H,105,125)(H,106,132)(H,107,133)(H,108,130)(H,109,123)(H,110,127)(H,111,134)(H,112,128)(H,113,129)(H,119,120)(H,135,136)(H4,92,93,95)/t52-,55-,56-,57-,58-,59-,60-,61-,62-,63-,64-,65-,66-,71-,72-/m0/s1. The first-order valence-electron chi connectivity index (χ1n) is 44.2. The number of benzene rings is 3. The van der Waals surface area contributed by atoms with Crippen LogP contribution in [-0.4, -0.2) is 281 Å². The fourth-order valence-corrected chi connectivity index (χ4v) is 14.9. The SMILES string of the molecule is CC(C)C[C@H](NC(=O)[C@H](CC(C)C)NC(=O)[C@H](Cc1c[nH]c2ccccc12)NC(=O)[C@@H](NC(=O)[C@H](CC(N)=O)NC(=O)[C@H](CS)NC(=O)[C@H](Cc1c[nH]c2ccccc12)NC(=O)[C@H](Cc1ccc(O)cc1)NC(=O)[C@@H](N)CC(N)=O)C(C)C)C(=O)NCC(=O)N[C@@H](CC(=O)O)C(=O)N[C@H](C(=O)N[C@@H](CS)C(=O)N[C@@H](CCCNC(=N)N)C(=O)N[C@@H](CO)C(=O)N[C@@H](Cc1cnc[nH]1)C(=O)O)C(C)C.